The standard InChI is InChI=1S/C13H21N3O2/c1-3-11-14-12(8-13(17)15-11)16(2)6-7-18-9-10-4-5-10/h8,10H,3-7,9H2,1-2H3,(H,14,15,17). The molecule has 5 nitrogen and oxygen atoms in total. The summed E-state index contributed by atoms with van der Waals surface area (Å²) in [6.07, 6.45) is 3.35. The van der Waals surface area contributed by atoms with E-state index in [1.807, 2.05) is 18.9 Å². The van der Waals surface area contributed by atoms with Crippen molar-refractivity contribution >= 4 is 5.82 Å². The molecule has 0 bridgehead atoms. The van der Waals surface area contributed by atoms with Crippen LogP contribution in [0, 0.1) is 5.92 Å². The fraction of sp³-hybridized carbons (Fsp3) is 0.692. The average Bonchev–Trinajstić information content (AvgIpc) is 3.17. The number of aromatic amines is 1. The third-order valence-electron chi connectivity index (χ3n) is 3.12. The fourth-order valence-corrected chi connectivity index (χ4v) is 1.71. The Balaban J connectivity index is 1.84. The molecule has 0 unspecified atom stereocenters. The Morgan fingerprint density at radius 1 is 1.56 bits per heavy atom. The number of ether oxygens (including phenoxy) is 1. The van der Waals surface area contributed by atoms with Crippen LogP contribution < -0.4 is 10.5 Å². The van der Waals surface area contributed by atoms with Crippen LogP contribution in [0.25, 0.3) is 0 Å². The molecule has 5 heteroatoms. The summed E-state index contributed by atoms with van der Waals surface area (Å²) in [6.45, 7) is 4.28. The van der Waals surface area contributed by atoms with E-state index in [9.17, 15) is 4.79 Å². The van der Waals surface area contributed by atoms with E-state index in [1.54, 1.807) is 0 Å². The van der Waals surface area contributed by atoms with Crippen LogP contribution in [0.1, 0.15) is 25.6 Å². The maximum Gasteiger partial charge on any atom is 0.252 e. The second-order valence-electron chi connectivity index (χ2n) is 4.84. The summed E-state index contributed by atoms with van der Waals surface area (Å²) in [5.74, 6) is 2.23. The van der Waals surface area contributed by atoms with Gasteiger partial charge in [0.25, 0.3) is 5.56 Å². The molecule has 1 aliphatic carbocycles. The number of aryl methyl sites for hydroxylation is 1. The Hall–Kier alpha value is -1.36. The summed E-state index contributed by atoms with van der Waals surface area (Å²) in [4.78, 5) is 20.5. The monoisotopic (exact) mass is 251 g/mol. The fourth-order valence-electron chi connectivity index (χ4n) is 1.71. The van der Waals surface area contributed by atoms with Crippen LogP contribution in [0.2, 0.25) is 0 Å². The van der Waals surface area contributed by atoms with Gasteiger partial charge in [-0.05, 0) is 18.8 Å². The third-order valence-corrected chi connectivity index (χ3v) is 3.12. The average molecular weight is 251 g/mol. The second kappa shape index (κ2) is 6.00. The number of hydrogen-bond donors (Lipinski definition) is 1. The van der Waals surface area contributed by atoms with Crippen molar-refractivity contribution in [3.05, 3.63) is 22.2 Å². The first-order valence-corrected chi connectivity index (χ1v) is 6.58. The van der Waals surface area contributed by atoms with Gasteiger partial charge in [-0.1, -0.05) is 6.92 Å². The van der Waals surface area contributed by atoms with Gasteiger partial charge in [0.2, 0.25) is 0 Å². The summed E-state index contributed by atoms with van der Waals surface area (Å²) >= 11 is 0. The normalized spacial score (nSPS) is 14.8. The number of nitrogens with zero attached hydrogens (tertiary/aromatic N) is 2. The van der Waals surface area contributed by atoms with Crippen LogP contribution in [0.5, 0.6) is 0 Å². The zero-order chi connectivity index (χ0) is 13.0. The van der Waals surface area contributed by atoms with Gasteiger partial charge in [-0.3, -0.25) is 4.79 Å². The molecule has 1 heterocycles. The van der Waals surface area contributed by atoms with Crippen LogP contribution in [-0.4, -0.2) is 36.8 Å². The molecule has 0 atom stereocenters. The maximum atomic E-state index is 11.4. The minimum atomic E-state index is -0.0948. The summed E-state index contributed by atoms with van der Waals surface area (Å²) < 4.78 is 5.58. The molecule has 0 saturated heterocycles. The van der Waals surface area contributed by atoms with E-state index in [4.69, 9.17) is 4.74 Å². The molecule has 0 aliphatic heterocycles. The molecule has 0 radical (unpaired) electrons. The second-order valence-corrected chi connectivity index (χ2v) is 4.84. The predicted octanol–water partition coefficient (Wildman–Crippen LogP) is 1.20. The SMILES string of the molecule is CCc1nc(N(C)CCOCC2CC2)cc(=O)[nH]1. The van der Waals surface area contributed by atoms with Crippen molar-refractivity contribution in [2.45, 2.75) is 26.2 Å². The first kappa shape index (κ1) is 13.1. The zero-order valence-electron chi connectivity index (χ0n) is 11.1. The molecule has 1 N–H and O–H groups in total. The molecule has 1 fully saturated rings. The minimum absolute atomic E-state index is 0.0948. The third kappa shape index (κ3) is 3.84. The van der Waals surface area contributed by atoms with E-state index >= 15 is 0 Å². The number of hydrogen-bond acceptors (Lipinski definition) is 4. The minimum Gasteiger partial charge on any atom is -0.379 e. The van der Waals surface area contributed by atoms with Gasteiger partial charge < -0.3 is 14.6 Å². The van der Waals surface area contributed by atoms with Gasteiger partial charge in [-0.25, -0.2) is 4.98 Å². The van der Waals surface area contributed by atoms with Gasteiger partial charge in [0.1, 0.15) is 11.6 Å². The van der Waals surface area contributed by atoms with E-state index in [2.05, 4.69) is 9.97 Å². The number of nitrogens with one attached hydrogen (secondary N) is 1. The van der Waals surface area contributed by atoms with Gasteiger partial charge in [0, 0.05) is 32.7 Å². The highest BCUT2D eigenvalue weighted by molar-refractivity contribution is 5.36. The van der Waals surface area contributed by atoms with Crippen molar-refractivity contribution in [2.75, 3.05) is 31.7 Å². The first-order valence-electron chi connectivity index (χ1n) is 6.58. The quantitative estimate of drug-likeness (QED) is 0.740. The largest absolute Gasteiger partial charge is 0.379 e. The van der Waals surface area contributed by atoms with E-state index in [-0.39, 0.29) is 5.56 Å². The van der Waals surface area contributed by atoms with Gasteiger partial charge in [-0.2, -0.15) is 0 Å². The van der Waals surface area contributed by atoms with Crippen molar-refractivity contribution in [1.29, 1.82) is 0 Å². The highest BCUT2D eigenvalue weighted by atomic mass is 16.5. The van der Waals surface area contributed by atoms with E-state index in [0.29, 0.717) is 12.4 Å². The van der Waals surface area contributed by atoms with Crippen molar-refractivity contribution in [3.8, 4) is 0 Å². The number of anilines is 1. The topological polar surface area (TPSA) is 58.2 Å². The lowest BCUT2D eigenvalue weighted by Crippen LogP contribution is -2.26. The van der Waals surface area contributed by atoms with Crippen molar-refractivity contribution in [2.24, 2.45) is 5.92 Å². The highest BCUT2D eigenvalue weighted by Crippen LogP contribution is 2.28. The Labute approximate surface area is 107 Å². The number of H-pyrrole nitrogens is 1. The molecule has 0 spiro atoms. The van der Waals surface area contributed by atoms with Gasteiger partial charge in [-0.15, -0.1) is 0 Å². The van der Waals surface area contributed by atoms with Crippen molar-refractivity contribution < 1.29 is 4.74 Å². The lowest BCUT2D eigenvalue weighted by Gasteiger charge is -2.18. The summed E-state index contributed by atoms with van der Waals surface area (Å²) in [5, 5.41) is 0. The molecule has 1 aliphatic rings. The smallest absolute Gasteiger partial charge is 0.252 e. The Morgan fingerprint density at radius 3 is 3.00 bits per heavy atom. The van der Waals surface area contributed by atoms with Crippen molar-refractivity contribution in [3.63, 3.8) is 0 Å². The Morgan fingerprint density at radius 2 is 2.33 bits per heavy atom. The van der Waals surface area contributed by atoms with Crippen LogP contribution >= 0.6 is 0 Å². The summed E-state index contributed by atoms with van der Waals surface area (Å²) in [6, 6.07) is 1.53. The van der Waals surface area contributed by atoms with Crippen LogP contribution in [-0.2, 0) is 11.2 Å². The Kier molecular flexibility index (Phi) is 4.36. The lowest BCUT2D eigenvalue weighted by atomic mass is 10.4. The molecular formula is C13H21N3O2. The number of likely N-dealkylation sites (N-methyl/N-ethyl adjacent to an activating group) is 1. The van der Waals surface area contributed by atoms with Gasteiger partial charge in [0.15, 0.2) is 0 Å². The number of aromatic nitrogens is 2. The molecule has 1 aromatic heterocycles. The van der Waals surface area contributed by atoms with Gasteiger partial charge in [0.05, 0.1) is 6.61 Å². The zero-order valence-corrected chi connectivity index (χ0v) is 11.1. The summed E-state index contributed by atoms with van der Waals surface area (Å²) in [5.41, 5.74) is -0.0948. The highest BCUT2D eigenvalue weighted by Gasteiger charge is 2.21. The van der Waals surface area contributed by atoms with E-state index < -0.39 is 0 Å². The summed E-state index contributed by atoms with van der Waals surface area (Å²) in [7, 11) is 1.93. The van der Waals surface area contributed by atoms with Crippen LogP contribution in [0.3, 0.4) is 0 Å². The molecule has 1 saturated carbocycles. The molecule has 100 valence electrons. The maximum absolute atomic E-state index is 11.4. The predicted molar refractivity (Wildman–Crippen MR) is 71.0 cm³/mol. The van der Waals surface area contributed by atoms with E-state index in [0.717, 1.165) is 31.3 Å². The molecule has 1 aromatic rings. The van der Waals surface area contributed by atoms with Crippen LogP contribution in [0.4, 0.5) is 5.82 Å². The van der Waals surface area contributed by atoms with Gasteiger partial charge >= 0.3 is 0 Å². The molecule has 0 aromatic carbocycles. The number of rotatable bonds is 7. The van der Waals surface area contributed by atoms with E-state index in [1.165, 1.54) is 18.9 Å². The van der Waals surface area contributed by atoms with Crippen LogP contribution in [0.15, 0.2) is 10.9 Å². The lowest BCUT2D eigenvalue weighted by molar-refractivity contribution is 0.131. The van der Waals surface area contributed by atoms with Crippen molar-refractivity contribution in [1.82, 2.24) is 9.97 Å². The Bertz CT molecular complexity index is 440. The molecule has 2 rings (SSSR count). The molecule has 0 amide bonds. The molecular weight excluding hydrogens is 230 g/mol. The molecule has 18 heavy (non-hydrogen) atoms. The first-order chi connectivity index (χ1) is 8.69.